The van der Waals surface area contributed by atoms with Crippen LogP contribution in [0.2, 0.25) is 0 Å². The van der Waals surface area contributed by atoms with Crippen LogP contribution in [0.3, 0.4) is 0 Å². The van der Waals surface area contributed by atoms with E-state index in [0.29, 0.717) is 25.4 Å². The molecule has 4 aromatic rings. The van der Waals surface area contributed by atoms with Crippen LogP contribution in [0.1, 0.15) is 31.9 Å². The molecule has 2 atom stereocenters. The topological polar surface area (TPSA) is 112 Å². The molecule has 1 N–H and O–H groups in total. The number of benzene rings is 4. The maximum absolute atomic E-state index is 13.1. The number of carbonyl (C=O) groups excluding carboxylic acids is 3. The molecule has 2 aliphatic rings. The van der Waals surface area contributed by atoms with Crippen molar-refractivity contribution >= 4 is 61.3 Å². The van der Waals surface area contributed by atoms with E-state index in [0.717, 1.165) is 37.2 Å². The van der Waals surface area contributed by atoms with E-state index in [-0.39, 0.29) is 31.3 Å². The van der Waals surface area contributed by atoms with Gasteiger partial charge in [-0.3, -0.25) is 9.80 Å². The minimum absolute atomic E-state index is 0.109. The van der Waals surface area contributed by atoms with Crippen molar-refractivity contribution in [1.82, 2.24) is 9.80 Å². The van der Waals surface area contributed by atoms with E-state index in [2.05, 4.69) is 31.9 Å². The van der Waals surface area contributed by atoms with Gasteiger partial charge in [0, 0.05) is 33.4 Å². The van der Waals surface area contributed by atoms with Gasteiger partial charge in [0.05, 0.1) is 45.6 Å². The Morgan fingerprint density at radius 1 is 0.736 bits per heavy atom. The molecule has 0 aliphatic carbocycles. The quantitative estimate of drug-likeness (QED) is 0.153. The lowest BCUT2D eigenvalue weighted by Gasteiger charge is -2.32. The summed E-state index contributed by atoms with van der Waals surface area (Å²) in [5.41, 5.74) is 2.39. The summed E-state index contributed by atoms with van der Waals surface area (Å²) in [5.74, 6) is 1.06. The van der Waals surface area contributed by atoms with Crippen LogP contribution in [0, 0.1) is 0 Å². The molecule has 2 aliphatic heterocycles. The number of hydrogen-bond donors (Lipinski definition) is 1. The number of urea groups is 2. The second kappa shape index (κ2) is 17.5. The Morgan fingerprint density at radius 3 is 1.64 bits per heavy atom. The van der Waals surface area contributed by atoms with Crippen molar-refractivity contribution in [2.75, 3.05) is 43.7 Å². The number of nitrogens with zero attached hydrogens (tertiary/aromatic N) is 4. The predicted octanol–water partition coefficient (Wildman–Crippen LogP) is 7.87. The Kier molecular flexibility index (Phi) is 13.1. The number of rotatable bonds is 11. The average molecular weight is 853 g/mol. The van der Waals surface area contributed by atoms with Crippen LogP contribution in [0.25, 0.3) is 0 Å². The maximum Gasteiger partial charge on any atom is 0.330 e. The summed E-state index contributed by atoms with van der Waals surface area (Å²) < 4.78 is 17.6. The van der Waals surface area contributed by atoms with Crippen molar-refractivity contribution in [2.24, 2.45) is 0 Å². The largest absolute Gasteiger partial charge is 0.497 e. The van der Waals surface area contributed by atoms with Crippen molar-refractivity contribution in [3.63, 3.8) is 0 Å². The lowest BCUT2D eigenvalue weighted by atomic mass is 9.98. The highest BCUT2D eigenvalue weighted by molar-refractivity contribution is 9.10. The fourth-order valence-corrected chi connectivity index (χ4v) is 6.81. The standard InChI is InChI=1S/C20H21BrN2O4.C20H23BrN2O3/c1-3-27-19(24)18-13-22(16-9-7-15(21)8-10-16)20(25)23(18)12-14-5-4-6-17(11-14)26-2;1-20(2,25)18-13-22(16-9-7-15(21)8-10-16)19(24)23(18)12-14-5-4-6-17(11-14)26-3/h4-11,18H,3,12-13H2,1-2H3;4-11,18,25H,12-13H2,1-3H3. The number of esters is 1. The van der Waals surface area contributed by atoms with Crippen LogP contribution in [0.15, 0.2) is 106 Å². The Balaban J connectivity index is 0.000000204. The number of ether oxygens (including phenoxy) is 3. The van der Waals surface area contributed by atoms with Crippen LogP contribution < -0.4 is 19.3 Å². The SMILES string of the molecule is CCOC(=O)C1CN(c2ccc(Br)cc2)C(=O)N1Cc1cccc(OC)c1.COc1cccc(CN2C(=O)N(c3ccc(Br)cc3)CC2C(C)(C)O)c1. The third-order valence-corrected chi connectivity index (χ3v) is 10.1. The third kappa shape index (κ3) is 9.70. The summed E-state index contributed by atoms with van der Waals surface area (Å²) in [6, 6.07) is 28.9. The van der Waals surface area contributed by atoms with Crippen LogP contribution in [0.5, 0.6) is 11.5 Å². The van der Waals surface area contributed by atoms with Gasteiger partial charge in [0.15, 0.2) is 0 Å². The Labute approximate surface area is 327 Å². The van der Waals surface area contributed by atoms with Crippen molar-refractivity contribution in [2.45, 2.75) is 51.5 Å². The molecular formula is C40H44Br2N4O7. The smallest absolute Gasteiger partial charge is 0.330 e. The molecule has 0 aromatic heterocycles. The summed E-state index contributed by atoms with van der Waals surface area (Å²) in [4.78, 5) is 45.3. The number of halogens is 2. The Bertz CT molecular complexity index is 1890. The van der Waals surface area contributed by atoms with E-state index < -0.39 is 17.6 Å². The number of hydrogen-bond acceptors (Lipinski definition) is 7. The zero-order valence-electron chi connectivity index (χ0n) is 30.4. The zero-order chi connectivity index (χ0) is 38.3. The fourth-order valence-electron chi connectivity index (χ4n) is 6.29. The number of anilines is 2. The first-order valence-electron chi connectivity index (χ1n) is 17.1. The molecule has 0 radical (unpaired) electrons. The van der Waals surface area contributed by atoms with Crippen LogP contribution in [0.4, 0.5) is 21.0 Å². The van der Waals surface area contributed by atoms with Gasteiger partial charge in [-0.25, -0.2) is 14.4 Å². The van der Waals surface area contributed by atoms with Crippen molar-refractivity contribution in [3.05, 3.63) is 117 Å². The number of amides is 4. The molecule has 2 fully saturated rings. The first-order chi connectivity index (χ1) is 25.3. The van der Waals surface area contributed by atoms with Gasteiger partial charge in [0.2, 0.25) is 0 Å². The maximum atomic E-state index is 13.1. The van der Waals surface area contributed by atoms with Crippen molar-refractivity contribution in [3.8, 4) is 11.5 Å². The molecule has 0 bridgehead atoms. The van der Waals surface area contributed by atoms with Crippen LogP contribution >= 0.6 is 31.9 Å². The molecule has 280 valence electrons. The van der Waals surface area contributed by atoms with Gasteiger partial charge in [-0.2, -0.15) is 0 Å². The van der Waals surface area contributed by atoms with E-state index in [1.165, 1.54) is 0 Å². The van der Waals surface area contributed by atoms with E-state index >= 15 is 0 Å². The van der Waals surface area contributed by atoms with Gasteiger partial charge in [-0.05, 0) is 105 Å². The highest BCUT2D eigenvalue weighted by Gasteiger charge is 2.45. The van der Waals surface area contributed by atoms with Gasteiger partial charge in [-0.15, -0.1) is 0 Å². The summed E-state index contributed by atoms with van der Waals surface area (Å²) in [6.45, 7) is 6.92. The van der Waals surface area contributed by atoms with Gasteiger partial charge >= 0.3 is 18.0 Å². The molecule has 4 aromatic carbocycles. The highest BCUT2D eigenvalue weighted by Crippen LogP contribution is 2.32. The lowest BCUT2D eigenvalue weighted by Crippen LogP contribution is -2.47. The molecule has 2 heterocycles. The normalized spacial score (nSPS) is 17.1. The number of aliphatic hydroxyl groups is 1. The molecule has 11 nitrogen and oxygen atoms in total. The van der Waals surface area contributed by atoms with Crippen LogP contribution in [-0.4, -0.2) is 84.5 Å². The van der Waals surface area contributed by atoms with E-state index in [4.69, 9.17) is 14.2 Å². The second-order valence-electron chi connectivity index (χ2n) is 13.1. The molecule has 0 saturated carbocycles. The molecule has 6 rings (SSSR count). The van der Waals surface area contributed by atoms with E-state index in [9.17, 15) is 19.5 Å². The zero-order valence-corrected chi connectivity index (χ0v) is 33.5. The van der Waals surface area contributed by atoms with Crippen molar-refractivity contribution < 1.29 is 33.7 Å². The highest BCUT2D eigenvalue weighted by atomic mass is 79.9. The fraction of sp³-hybridized carbons (Fsp3) is 0.325. The predicted molar refractivity (Wildman–Crippen MR) is 211 cm³/mol. The molecular weight excluding hydrogens is 808 g/mol. The van der Waals surface area contributed by atoms with Gasteiger partial charge in [-0.1, -0.05) is 56.1 Å². The molecule has 4 amide bonds. The minimum Gasteiger partial charge on any atom is -0.497 e. The van der Waals surface area contributed by atoms with Gasteiger partial charge in [0.25, 0.3) is 0 Å². The van der Waals surface area contributed by atoms with E-state index in [1.807, 2.05) is 97.1 Å². The van der Waals surface area contributed by atoms with Gasteiger partial charge in [0.1, 0.15) is 17.5 Å². The molecule has 2 unspecified atom stereocenters. The molecule has 0 spiro atoms. The lowest BCUT2D eigenvalue weighted by molar-refractivity contribution is -0.147. The minimum atomic E-state index is -1.02. The number of methoxy groups -OCH3 is 2. The monoisotopic (exact) mass is 850 g/mol. The summed E-state index contributed by atoms with van der Waals surface area (Å²) in [6.07, 6.45) is 0. The van der Waals surface area contributed by atoms with Gasteiger partial charge < -0.3 is 29.1 Å². The van der Waals surface area contributed by atoms with Crippen molar-refractivity contribution in [1.29, 1.82) is 0 Å². The van der Waals surface area contributed by atoms with E-state index in [1.54, 1.807) is 54.6 Å². The first kappa shape index (κ1) is 39.6. The summed E-state index contributed by atoms with van der Waals surface area (Å²) >= 11 is 6.81. The average Bonchev–Trinajstić information content (AvgIpc) is 3.65. The summed E-state index contributed by atoms with van der Waals surface area (Å²) in [5, 5.41) is 10.6. The number of carbonyl (C=O) groups is 3. The van der Waals surface area contributed by atoms with Crippen LogP contribution in [-0.2, 0) is 22.6 Å². The molecule has 53 heavy (non-hydrogen) atoms. The Morgan fingerprint density at radius 2 is 1.19 bits per heavy atom. The molecule has 2 saturated heterocycles. The second-order valence-corrected chi connectivity index (χ2v) is 15.0. The third-order valence-electron chi connectivity index (χ3n) is 9.04. The summed E-state index contributed by atoms with van der Waals surface area (Å²) in [7, 11) is 3.21. The first-order valence-corrected chi connectivity index (χ1v) is 18.7. The molecule has 13 heteroatoms. The Hall–Kier alpha value is -4.59.